The van der Waals surface area contributed by atoms with E-state index < -0.39 is 0 Å². The number of nitrogens with two attached hydrogens (primary N) is 1. The number of carbonyl (C=O) groups is 1. The van der Waals surface area contributed by atoms with Gasteiger partial charge in [0, 0.05) is 37.3 Å². The van der Waals surface area contributed by atoms with E-state index in [1.54, 1.807) is 0 Å². The van der Waals surface area contributed by atoms with Crippen LogP contribution in [0.4, 0.5) is 0 Å². The Kier molecular flexibility index (Phi) is 5.51. The molecule has 4 heteroatoms. The van der Waals surface area contributed by atoms with Gasteiger partial charge in [-0.3, -0.25) is 4.79 Å². The Hall–Kier alpha value is -2.17. The van der Waals surface area contributed by atoms with Crippen molar-refractivity contribution >= 4 is 5.91 Å². The van der Waals surface area contributed by atoms with Crippen LogP contribution in [0.2, 0.25) is 0 Å². The van der Waals surface area contributed by atoms with Crippen LogP contribution in [0.15, 0.2) is 48.5 Å². The quantitative estimate of drug-likeness (QED) is 0.881. The summed E-state index contributed by atoms with van der Waals surface area (Å²) < 4.78 is 5.58. The first-order valence-corrected chi connectivity index (χ1v) is 8.86. The van der Waals surface area contributed by atoms with Crippen molar-refractivity contribution in [1.82, 2.24) is 5.32 Å². The summed E-state index contributed by atoms with van der Waals surface area (Å²) >= 11 is 0. The Balaban J connectivity index is 1.77. The Labute approximate surface area is 149 Å². The van der Waals surface area contributed by atoms with E-state index in [0.717, 1.165) is 31.6 Å². The number of hydrogen-bond donors (Lipinski definition) is 2. The van der Waals surface area contributed by atoms with Gasteiger partial charge in [0.25, 0.3) is 5.91 Å². The van der Waals surface area contributed by atoms with Crippen molar-refractivity contribution in [3.05, 3.63) is 70.8 Å². The maximum atomic E-state index is 12.6. The summed E-state index contributed by atoms with van der Waals surface area (Å²) in [4.78, 5) is 12.6. The van der Waals surface area contributed by atoms with Gasteiger partial charge in [0.1, 0.15) is 0 Å². The first kappa shape index (κ1) is 17.6. The molecule has 4 nitrogen and oxygen atoms in total. The van der Waals surface area contributed by atoms with Crippen LogP contribution in [0.3, 0.4) is 0 Å². The van der Waals surface area contributed by atoms with Crippen molar-refractivity contribution in [3.8, 4) is 0 Å². The molecule has 1 aliphatic rings. The van der Waals surface area contributed by atoms with E-state index in [2.05, 4.69) is 36.5 Å². The van der Waals surface area contributed by atoms with Crippen LogP contribution in [-0.4, -0.2) is 25.7 Å². The van der Waals surface area contributed by atoms with Crippen molar-refractivity contribution in [2.45, 2.75) is 31.7 Å². The molecule has 0 radical (unpaired) electrons. The number of nitrogens with one attached hydrogen (secondary N) is 1. The molecule has 1 fully saturated rings. The highest BCUT2D eigenvalue weighted by atomic mass is 16.5. The summed E-state index contributed by atoms with van der Waals surface area (Å²) in [5.74, 6) is -0.0389. The summed E-state index contributed by atoms with van der Waals surface area (Å²) in [6.07, 6.45) is 1.84. The molecular formula is C21H26N2O2. The average Bonchev–Trinajstić information content (AvgIpc) is 2.67. The van der Waals surface area contributed by atoms with E-state index in [0.29, 0.717) is 18.7 Å². The highest BCUT2D eigenvalue weighted by Gasteiger charge is 2.35. The van der Waals surface area contributed by atoms with Crippen molar-refractivity contribution < 1.29 is 9.53 Å². The standard InChI is InChI=1S/C21H26N2O2/c1-16-4-2-3-5-19(16)21(10-12-25-13-11-21)15-23-20(24)18-8-6-17(14-22)7-9-18/h2-9H,10-15,22H2,1H3,(H,23,24). The van der Waals surface area contributed by atoms with E-state index >= 15 is 0 Å². The molecular weight excluding hydrogens is 312 g/mol. The zero-order chi connectivity index (χ0) is 17.7. The summed E-state index contributed by atoms with van der Waals surface area (Å²) in [6, 6.07) is 15.9. The second kappa shape index (κ2) is 7.81. The number of aryl methyl sites for hydroxylation is 1. The Morgan fingerprint density at radius 2 is 1.80 bits per heavy atom. The van der Waals surface area contributed by atoms with E-state index in [9.17, 15) is 4.79 Å². The first-order valence-electron chi connectivity index (χ1n) is 8.86. The zero-order valence-corrected chi connectivity index (χ0v) is 14.8. The molecule has 0 aliphatic carbocycles. The van der Waals surface area contributed by atoms with Gasteiger partial charge in [-0.2, -0.15) is 0 Å². The number of amides is 1. The molecule has 2 aromatic carbocycles. The van der Waals surface area contributed by atoms with Crippen LogP contribution in [0.5, 0.6) is 0 Å². The minimum Gasteiger partial charge on any atom is -0.381 e. The molecule has 132 valence electrons. The fourth-order valence-electron chi connectivity index (χ4n) is 3.62. The number of ether oxygens (including phenoxy) is 1. The lowest BCUT2D eigenvalue weighted by molar-refractivity contribution is 0.0485. The number of hydrogen-bond acceptors (Lipinski definition) is 3. The first-order chi connectivity index (χ1) is 12.1. The van der Waals surface area contributed by atoms with Gasteiger partial charge < -0.3 is 15.8 Å². The molecule has 0 spiro atoms. The Morgan fingerprint density at radius 3 is 2.44 bits per heavy atom. The third-order valence-corrected chi connectivity index (χ3v) is 5.21. The molecule has 1 heterocycles. The molecule has 0 bridgehead atoms. The average molecular weight is 338 g/mol. The maximum Gasteiger partial charge on any atom is 0.251 e. The van der Waals surface area contributed by atoms with Gasteiger partial charge in [0.15, 0.2) is 0 Å². The van der Waals surface area contributed by atoms with Crippen molar-refractivity contribution in [2.75, 3.05) is 19.8 Å². The van der Waals surface area contributed by atoms with Crippen LogP contribution in [0, 0.1) is 6.92 Å². The van der Waals surface area contributed by atoms with E-state index in [4.69, 9.17) is 10.5 Å². The lowest BCUT2D eigenvalue weighted by atomic mass is 9.72. The van der Waals surface area contributed by atoms with Gasteiger partial charge in [-0.15, -0.1) is 0 Å². The molecule has 3 rings (SSSR count). The lowest BCUT2D eigenvalue weighted by Crippen LogP contribution is -2.45. The lowest BCUT2D eigenvalue weighted by Gasteiger charge is -2.39. The second-order valence-electron chi connectivity index (χ2n) is 6.79. The molecule has 25 heavy (non-hydrogen) atoms. The third kappa shape index (κ3) is 3.91. The summed E-state index contributed by atoms with van der Waals surface area (Å²) in [6.45, 7) is 4.71. The topological polar surface area (TPSA) is 64.4 Å². The third-order valence-electron chi connectivity index (χ3n) is 5.21. The zero-order valence-electron chi connectivity index (χ0n) is 14.8. The van der Waals surface area contributed by atoms with Crippen LogP contribution in [-0.2, 0) is 16.7 Å². The summed E-state index contributed by atoms with van der Waals surface area (Å²) in [5.41, 5.74) is 9.84. The second-order valence-corrected chi connectivity index (χ2v) is 6.79. The van der Waals surface area contributed by atoms with Gasteiger partial charge >= 0.3 is 0 Å². The van der Waals surface area contributed by atoms with Gasteiger partial charge in [-0.1, -0.05) is 36.4 Å². The number of carbonyl (C=O) groups excluding carboxylic acids is 1. The predicted octanol–water partition coefficient (Wildman–Crippen LogP) is 2.93. The molecule has 2 aromatic rings. The van der Waals surface area contributed by atoms with Crippen LogP contribution in [0.25, 0.3) is 0 Å². The number of rotatable bonds is 5. The van der Waals surface area contributed by atoms with Gasteiger partial charge in [0.2, 0.25) is 0 Å². The molecule has 3 N–H and O–H groups in total. The van der Waals surface area contributed by atoms with Crippen molar-refractivity contribution in [3.63, 3.8) is 0 Å². The smallest absolute Gasteiger partial charge is 0.251 e. The van der Waals surface area contributed by atoms with E-state index in [-0.39, 0.29) is 11.3 Å². The van der Waals surface area contributed by atoms with Crippen LogP contribution in [0.1, 0.15) is 39.9 Å². The molecule has 0 aromatic heterocycles. The van der Waals surface area contributed by atoms with Crippen molar-refractivity contribution in [1.29, 1.82) is 0 Å². The largest absolute Gasteiger partial charge is 0.381 e. The van der Waals surface area contributed by atoms with E-state index in [1.807, 2.05) is 24.3 Å². The summed E-state index contributed by atoms with van der Waals surface area (Å²) in [7, 11) is 0. The monoisotopic (exact) mass is 338 g/mol. The van der Waals surface area contributed by atoms with Gasteiger partial charge in [-0.05, 0) is 48.6 Å². The van der Waals surface area contributed by atoms with Crippen LogP contribution < -0.4 is 11.1 Å². The minimum atomic E-state index is -0.0591. The molecule has 1 saturated heterocycles. The summed E-state index contributed by atoms with van der Waals surface area (Å²) in [5, 5.41) is 3.15. The van der Waals surface area contributed by atoms with E-state index in [1.165, 1.54) is 11.1 Å². The Morgan fingerprint density at radius 1 is 1.12 bits per heavy atom. The maximum absolute atomic E-state index is 12.6. The van der Waals surface area contributed by atoms with Gasteiger partial charge in [-0.25, -0.2) is 0 Å². The van der Waals surface area contributed by atoms with Gasteiger partial charge in [0.05, 0.1) is 0 Å². The molecule has 1 aliphatic heterocycles. The molecule has 1 amide bonds. The molecule has 0 saturated carbocycles. The van der Waals surface area contributed by atoms with Crippen LogP contribution >= 0.6 is 0 Å². The predicted molar refractivity (Wildman–Crippen MR) is 99.6 cm³/mol. The fraction of sp³-hybridized carbons (Fsp3) is 0.381. The SMILES string of the molecule is Cc1ccccc1C1(CNC(=O)c2ccc(CN)cc2)CCOCC1. The highest BCUT2D eigenvalue weighted by Crippen LogP contribution is 2.36. The number of benzene rings is 2. The normalized spacial score (nSPS) is 16.4. The molecule has 0 atom stereocenters. The highest BCUT2D eigenvalue weighted by molar-refractivity contribution is 5.94. The fourth-order valence-corrected chi connectivity index (χ4v) is 3.62. The Bertz CT molecular complexity index is 719. The molecule has 0 unspecified atom stereocenters. The van der Waals surface area contributed by atoms with Crippen molar-refractivity contribution in [2.24, 2.45) is 5.73 Å². The minimum absolute atomic E-state index is 0.0389.